The Bertz CT molecular complexity index is 681. The molecule has 0 aliphatic carbocycles. The van der Waals surface area contributed by atoms with Crippen LogP contribution in [0, 0.1) is 6.92 Å². The first-order valence-electron chi connectivity index (χ1n) is 7.42. The van der Waals surface area contributed by atoms with Crippen LogP contribution in [0.1, 0.15) is 36.5 Å². The van der Waals surface area contributed by atoms with Crippen molar-refractivity contribution < 1.29 is 19.2 Å². The second-order valence-corrected chi connectivity index (χ2v) is 5.23. The van der Waals surface area contributed by atoms with Gasteiger partial charge < -0.3 is 14.9 Å². The lowest BCUT2D eigenvalue weighted by Gasteiger charge is -2.06. The highest BCUT2D eigenvalue weighted by Crippen LogP contribution is 2.13. The Kier molecular flexibility index (Phi) is 5.85. The molecule has 2 aromatic rings. The van der Waals surface area contributed by atoms with Gasteiger partial charge in [0.05, 0.1) is 0 Å². The van der Waals surface area contributed by atoms with E-state index in [1.165, 1.54) is 0 Å². The molecule has 2 rings (SSSR count). The second-order valence-electron chi connectivity index (χ2n) is 5.23. The number of carboxylic acid groups (broad SMARTS) is 1. The van der Waals surface area contributed by atoms with Crippen LogP contribution < -0.4 is 5.32 Å². The van der Waals surface area contributed by atoms with E-state index in [1.807, 2.05) is 6.07 Å². The van der Waals surface area contributed by atoms with Crippen LogP contribution in [0.25, 0.3) is 0 Å². The van der Waals surface area contributed by atoms with Crippen LogP contribution >= 0.6 is 0 Å². The van der Waals surface area contributed by atoms with E-state index in [2.05, 4.69) is 15.5 Å². The number of carboxylic acids is 1. The predicted molar refractivity (Wildman–Crippen MR) is 83.0 cm³/mol. The van der Waals surface area contributed by atoms with Crippen LogP contribution in [0.15, 0.2) is 28.8 Å². The molecule has 1 aromatic carbocycles. The number of carbonyl (C=O) groups excluding carboxylic acids is 1. The third kappa shape index (κ3) is 5.90. The van der Waals surface area contributed by atoms with Crippen molar-refractivity contribution in [3.8, 4) is 0 Å². The van der Waals surface area contributed by atoms with Gasteiger partial charge in [0.25, 0.3) is 0 Å². The summed E-state index contributed by atoms with van der Waals surface area (Å²) >= 11 is 0. The van der Waals surface area contributed by atoms with Gasteiger partial charge in [0.1, 0.15) is 0 Å². The molecule has 0 aliphatic heterocycles. The number of benzene rings is 1. The number of nitrogens with one attached hydrogen (secondary N) is 1. The maximum atomic E-state index is 11.9. The summed E-state index contributed by atoms with van der Waals surface area (Å²) in [7, 11) is 0. The molecular weight excluding hydrogens is 298 g/mol. The summed E-state index contributed by atoms with van der Waals surface area (Å²) in [6.07, 6.45) is 2.04. The largest absolute Gasteiger partial charge is 0.481 e. The number of amides is 1. The highest BCUT2D eigenvalue weighted by Gasteiger charge is 2.07. The smallest absolute Gasteiger partial charge is 0.303 e. The molecule has 0 fully saturated rings. The van der Waals surface area contributed by atoms with Gasteiger partial charge in [0.2, 0.25) is 11.8 Å². The highest BCUT2D eigenvalue weighted by molar-refractivity contribution is 5.90. The van der Waals surface area contributed by atoms with Gasteiger partial charge in [-0.15, -0.1) is 0 Å². The Hall–Kier alpha value is -2.70. The molecule has 1 aromatic heterocycles. The maximum absolute atomic E-state index is 11.9. The van der Waals surface area contributed by atoms with E-state index in [9.17, 15) is 9.59 Å². The molecule has 0 aliphatic rings. The van der Waals surface area contributed by atoms with Crippen molar-refractivity contribution in [3.63, 3.8) is 0 Å². The van der Waals surface area contributed by atoms with Gasteiger partial charge in [0.15, 0.2) is 5.82 Å². The molecule has 0 atom stereocenters. The minimum Gasteiger partial charge on any atom is -0.481 e. The Morgan fingerprint density at radius 1 is 1.26 bits per heavy atom. The van der Waals surface area contributed by atoms with Crippen molar-refractivity contribution in [3.05, 3.63) is 41.5 Å². The standard InChI is InChI=1S/C16H19N3O4/c1-11-17-15(23-19-11)7-3-6-14(20)18-13-5-2-4-12(10-13)8-9-16(21)22/h2,4-5,10H,3,6-9H2,1H3,(H,18,20)(H,21,22). The average Bonchev–Trinajstić information content (AvgIpc) is 2.91. The van der Waals surface area contributed by atoms with Gasteiger partial charge in [-0.3, -0.25) is 9.59 Å². The van der Waals surface area contributed by atoms with Crippen molar-refractivity contribution in [1.29, 1.82) is 0 Å². The minimum absolute atomic E-state index is 0.0704. The SMILES string of the molecule is Cc1noc(CCCC(=O)Nc2cccc(CCC(=O)O)c2)n1. The quantitative estimate of drug-likeness (QED) is 0.774. The first kappa shape index (κ1) is 16.7. The fraction of sp³-hybridized carbons (Fsp3) is 0.375. The van der Waals surface area contributed by atoms with Crippen LogP contribution in [0.3, 0.4) is 0 Å². The van der Waals surface area contributed by atoms with E-state index in [0.29, 0.717) is 43.1 Å². The summed E-state index contributed by atoms with van der Waals surface area (Å²) < 4.78 is 4.99. The molecule has 2 N–H and O–H groups in total. The van der Waals surface area contributed by atoms with Gasteiger partial charge in [-0.2, -0.15) is 4.98 Å². The number of hydrogen-bond donors (Lipinski definition) is 2. The van der Waals surface area contributed by atoms with Crippen LogP contribution in [0.4, 0.5) is 5.69 Å². The fourth-order valence-corrected chi connectivity index (χ4v) is 2.12. The monoisotopic (exact) mass is 317 g/mol. The van der Waals surface area contributed by atoms with Gasteiger partial charge >= 0.3 is 5.97 Å². The summed E-state index contributed by atoms with van der Waals surface area (Å²) in [4.78, 5) is 26.6. The lowest BCUT2D eigenvalue weighted by molar-refractivity contribution is -0.137. The highest BCUT2D eigenvalue weighted by atomic mass is 16.5. The van der Waals surface area contributed by atoms with E-state index in [0.717, 1.165) is 5.56 Å². The van der Waals surface area contributed by atoms with E-state index >= 15 is 0 Å². The number of carbonyl (C=O) groups is 2. The molecule has 7 heteroatoms. The number of aromatic nitrogens is 2. The first-order valence-corrected chi connectivity index (χ1v) is 7.42. The Labute approximate surface area is 133 Å². The van der Waals surface area contributed by atoms with Gasteiger partial charge in [-0.05, 0) is 37.5 Å². The Morgan fingerprint density at radius 3 is 2.78 bits per heavy atom. The topological polar surface area (TPSA) is 105 Å². The van der Waals surface area contributed by atoms with E-state index in [-0.39, 0.29) is 12.3 Å². The molecule has 0 spiro atoms. The lowest BCUT2D eigenvalue weighted by Crippen LogP contribution is -2.11. The van der Waals surface area contributed by atoms with Crippen LogP contribution in [0.2, 0.25) is 0 Å². The summed E-state index contributed by atoms with van der Waals surface area (Å²) in [6.45, 7) is 1.75. The molecule has 0 unspecified atom stereocenters. The van der Waals surface area contributed by atoms with Gasteiger partial charge in [0, 0.05) is 24.9 Å². The number of rotatable bonds is 8. The third-order valence-electron chi connectivity index (χ3n) is 3.20. The Balaban J connectivity index is 1.78. The van der Waals surface area contributed by atoms with Crippen molar-refractivity contribution in [2.75, 3.05) is 5.32 Å². The normalized spacial score (nSPS) is 10.5. The summed E-state index contributed by atoms with van der Waals surface area (Å²) in [5.74, 6) is 0.181. The number of aryl methyl sites for hydroxylation is 3. The van der Waals surface area contributed by atoms with Crippen molar-refractivity contribution in [2.24, 2.45) is 0 Å². The molecule has 0 radical (unpaired) electrons. The number of hydrogen-bond acceptors (Lipinski definition) is 5. The zero-order valence-electron chi connectivity index (χ0n) is 12.9. The molecule has 0 saturated heterocycles. The van der Waals surface area contributed by atoms with E-state index in [4.69, 9.17) is 9.63 Å². The molecule has 0 bridgehead atoms. The second kappa shape index (κ2) is 8.07. The van der Waals surface area contributed by atoms with E-state index < -0.39 is 5.97 Å². The minimum atomic E-state index is -0.837. The molecule has 1 amide bonds. The van der Waals surface area contributed by atoms with E-state index in [1.54, 1.807) is 25.1 Å². The third-order valence-corrected chi connectivity index (χ3v) is 3.20. The number of aliphatic carboxylic acids is 1. The Morgan fingerprint density at radius 2 is 2.09 bits per heavy atom. The van der Waals surface area contributed by atoms with Gasteiger partial charge in [-0.1, -0.05) is 17.3 Å². The van der Waals surface area contributed by atoms with Crippen molar-refractivity contribution >= 4 is 17.6 Å². The summed E-state index contributed by atoms with van der Waals surface area (Å²) in [6, 6.07) is 7.22. The molecule has 0 saturated carbocycles. The van der Waals surface area contributed by atoms with Crippen molar-refractivity contribution in [2.45, 2.75) is 39.0 Å². The average molecular weight is 317 g/mol. The maximum Gasteiger partial charge on any atom is 0.303 e. The summed E-state index contributed by atoms with van der Waals surface area (Å²) in [5, 5.41) is 15.2. The molecule has 7 nitrogen and oxygen atoms in total. The van der Waals surface area contributed by atoms with Crippen molar-refractivity contribution in [1.82, 2.24) is 10.1 Å². The molecule has 1 heterocycles. The zero-order chi connectivity index (χ0) is 16.7. The molecule has 122 valence electrons. The van der Waals surface area contributed by atoms with Crippen LogP contribution in [-0.2, 0) is 22.4 Å². The number of nitrogens with zero attached hydrogens (tertiary/aromatic N) is 2. The van der Waals surface area contributed by atoms with Gasteiger partial charge in [-0.25, -0.2) is 0 Å². The lowest BCUT2D eigenvalue weighted by atomic mass is 10.1. The van der Waals surface area contributed by atoms with Crippen LogP contribution in [-0.4, -0.2) is 27.1 Å². The number of anilines is 1. The van der Waals surface area contributed by atoms with Crippen LogP contribution in [0.5, 0.6) is 0 Å². The predicted octanol–water partition coefficient (Wildman–Crippen LogP) is 2.36. The zero-order valence-corrected chi connectivity index (χ0v) is 12.9. The fourth-order valence-electron chi connectivity index (χ4n) is 2.12. The first-order chi connectivity index (χ1) is 11.0. The summed E-state index contributed by atoms with van der Waals surface area (Å²) in [5.41, 5.74) is 1.55. The molecular formula is C16H19N3O4. The molecule has 23 heavy (non-hydrogen) atoms.